The minimum atomic E-state index is 0.428. The van der Waals surface area contributed by atoms with Gasteiger partial charge in [-0.2, -0.15) is 0 Å². The molecule has 5 heteroatoms. The fourth-order valence-corrected chi connectivity index (χ4v) is 7.92. The standard InChI is InChI=1S/C43H29N5/c1-25(2)27-16-17-33(34(18-27)26-10-4-3-5-11-26)32-23-39-41-40(24-32)47-38-22-31-15-9-7-13-29(31)20-36(38)45-43(47)48(41)42-44-35-19-28-12-6-8-14-30(28)21-37(35)46(39)42/h3-25H,1-2H3. The highest BCUT2D eigenvalue weighted by molar-refractivity contribution is 6.09. The molecule has 11 aromatic rings. The third kappa shape index (κ3) is 3.40. The van der Waals surface area contributed by atoms with Gasteiger partial charge in [0.05, 0.1) is 33.1 Å². The Bertz CT molecular complexity index is 2930. The summed E-state index contributed by atoms with van der Waals surface area (Å²) in [5, 5.41) is 4.79. The molecule has 4 aromatic heterocycles. The molecular weight excluding hydrogens is 587 g/mol. The Kier molecular flexibility index (Phi) is 4.97. The quantitative estimate of drug-likeness (QED) is 0.198. The maximum atomic E-state index is 5.30. The molecule has 0 N–H and O–H groups in total. The summed E-state index contributed by atoms with van der Waals surface area (Å²) < 4.78 is 6.95. The van der Waals surface area contributed by atoms with E-state index in [1.54, 1.807) is 0 Å². The molecule has 0 saturated heterocycles. The smallest absolute Gasteiger partial charge is 0.223 e. The molecular formula is C43H29N5. The maximum Gasteiger partial charge on any atom is 0.223 e. The number of imidazole rings is 4. The first-order valence-electron chi connectivity index (χ1n) is 16.6. The second kappa shape index (κ2) is 9.20. The molecule has 11 rings (SSSR count). The minimum absolute atomic E-state index is 0.428. The van der Waals surface area contributed by atoms with Crippen LogP contribution < -0.4 is 0 Å². The van der Waals surface area contributed by atoms with E-state index in [4.69, 9.17) is 9.97 Å². The van der Waals surface area contributed by atoms with Crippen molar-refractivity contribution in [3.05, 3.63) is 139 Å². The molecule has 0 atom stereocenters. The molecule has 0 spiro atoms. The van der Waals surface area contributed by atoms with Gasteiger partial charge in [0, 0.05) is 0 Å². The Balaban J connectivity index is 1.33. The van der Waals surface area contributed by atoms with Crippen LogP contribution >= 0.6 is 0 Å². The molecule has 0 radical (unpaired) electrons. The van der Waals surface area contributed by atoms with E-state index >= 15 is 0 Å². The molecule has 0 unspecified atom stereocenters. The van der Waals surface area contributed by atoms with Crippen LogP contribution in [-0.2, 0) is 0 Å². The lowest BCUT2D eigenvalue weighted by Crippen LogP contribution is -1.93. The van der Waals surface area contributed by atoms with Crippen LogP contribution in [0.3, 0.4) is 0 Å². The molecule has 0 amide bonds. The summed E-state index contributed by atoms with van der Waals surface area (Å²) in [6.45, 7) is 4.53. The molecule has 0 bridgehead atoms. The molecule has 0 aliphatic carbocycles. The van der Waals surface area contributed by atoms with Crippen molar-refractivity contribution in [3.63, 3.8) is 0 Å². The van der Waals surface area contributed by atoms with Gasteiger partial charge in [0.1, 0.15) is 5.52 Å². The Morgan fingerprint density at radius 1 is 0.438 bits per heavy atom. The van der Waals surface area contributed by atoms with Gasteiger partial charge >= 0.3 is 0 Å². The number of hydrogen-bond acceptors (Lipinski definition) is 2. The fraction of sp³-hybridized carbons (Fsp3) is 0.0698. The van der Waals surface area contributed by atoms with Gasteiger partial charge in [-0.1, -0.05) is 111 Å². The monoisotopic (exact) mass is 615 g/mol. The average molecular weight is 616 g/mol. The zero-order valence-electron chi connectivity index (χ0n) is 26.5. The van der Waals surface area contributed by atoms with Gasteiger partial charge in [-0.25, -0.2) is 14.4 Å². The van der Waals surface area contributed by atoms with Crippen LogP contribution in [0, 0.1) is 0 Å². The first-order chi connectivity index (χ1) is 23.6. The van der Waals surface area contributed by atoms with E-state index in [0.717, 1.165) is 50.2 Å². The summed E-state index contributed by atoms with van der Waals surface area (Å²) in [7, 11) is 0. The Labute approximate surface area is 275 Å². The van der Waals surface area contributed by atoms with E-state index in [0.29, 0.717) is 5.92 Å². The lowest BCUT2D eigenvalue weighted by Gasteiger charge is -2.15. The number of hydrogen-bond donors (Lipinski definition) is 0. The number of nitrogens with zero attached hydrogens (tertiary/aromatic N) is 5. The summed E-state index contributed by atoms with van der Waals surface area (Å²) in [4.78, 5) is 10.6. The first-order valence-corrected chi connectivity index (χ1v) is 16.6. The normalized spacial score (nSPS) is 12.6. The molecule has 7 aromatic carbocycles. The number of benzene rings is 7. The average Bonchev–Trinajstić information content (AvgIpc) is 3.84. The largest absolute Gasteiger partial charge is 0.276 e. The van der Waals surface area contributed by atoms with Gasteiger partial charge in [-0.15, -0.1) is 0 Å². The number of fused-ring (bicyclic) bond motifs is 12. The summed E-state index contributed by atoms with van der Waals surface area (Å²) in [6.07, 6.45) is 0. The maximum absolute atomic E-state index is 5.30. The highest BCUT2D eigenvalue weighted by atomic mass is 15.3. The van der Waals surface area contributed by atoms with Crippen molar-refractivity contribution in [2.75, 3.05) is 0 Å². The van der Waals surface area contributed by atoms with Crippen LogP contribution in [-0.4, -0.2) is 23.2 Å². The lowest BCUT2D eigenvalue weighted by molar-refractivity contribution is 0.867. The summed E-state index contributed by atoms with van der Waals surface area (Å²) in [6, 6.07) is 48.6. The van der Waals surface area contributed by atoms with Gasteiger partial charge in [0.2, 0.25) is 11.6 Å². The van der Waals surface area contributed by atoms with E-state index in [1.165, 1.54) is 49.4 Å². The highest BCUT2D eigenvalue weighted by Crippen LogP contribution is 2.41. The molecule has 5 nitrogen and oxygen atoms in total. The van der Waals surface area contributed by atoms with Crippen molar-refractivity contribution in [2.24, 2.45) is 0 Å². The predicted octanol–water partition coefficient (Wildman–Crippen LogP) is 10.9. The van der Waals surface area contributed by atoms with E-state index in [-0.39, 0.29) is 0 Å². The van der Waals surface area contributed by atoms with Crippen LogP contribution in [0.15, 0.2) is 133 Å². The Hall–Kier alpha value is -6.20. The molecule has 0 fully saturated rings. The van der Waals surface area contributed by atoms with Crippen molar-refractivity contribution < 1.29 is 0 Å². The topological polar surface area (TPSA) is 39.0 Å². The Morgan fingerprint density at radius 3 is 1.50 bits per heavy atom. The van der Waals surface area contributed by atoms with Gasteiger partial charge < -0.3 is 0 Å². The molecule has 0 saturated carbocycles. The van der Waals surface area contributed by atoms with Crippen LogP contribution in [0.4, 0.5) is 0 Å². The first kappa shape index (κ1) is 25.9. The lowest BCUT2D eigenvalue weighted by atomic mass is 9.90. The number of rotatable bonds is 3. The van der Waals surface area contributed by atoms with Crippen molar-refractivity contribution in [3.8, 4) is 22.3 Å². The van der Waals surface area contributed by atoms with Crippen molar-refractivity contribution >= 4 is 71.7 Å². The van der Waals surface area contributed by atoms with Crippen molar-refractivity contribution in [1.82, 2.24) is 23.2 Å². The summed E-state index contributed by atoms with van der Waals surface area (Å²) >= 11 is 0. The van der Waals surface area contributed by atoms with Gasteiger partial charge in [-0.05, 0) is 91.7 Å². The number of aromatic nitrogens is 5. The second-order valence-electron chi connectivity index (χ2n) is 13.4. The van der Waals surface area contributed by atoms with E-state index in [2.05, 4.69) is 161 Å². The summed E-state index contributed by atoms with van der Waals surface area (Å²) in [5.41, 5.74) is 13.7. The molecule has 4 heterocycles. The van der Waals surface area contributed by atoms with Gasteiger partial charge in [0.15, 0.2) is 0 Å². The van der Waals surface area contributed by atoms with Crippen LogP contribution in [0.5, 0.6) is 0 Å². The van der Waals surface area contributed by atoms with Crippen molar-refractivity contribution in [1.29, 1.82) is 0 Å². The molecule has 0 aliphatic rings. The minimum Gasteiger partial charge on any atom is -0.276 e. The Morgan fingerprint density at radius 2 is 0.958 bits per heavy atom. The van der Waals surface area contributed by atoms with E-state index < -0.39 is 0 Å². The molecule has 226 valence electrons. The zero-order valence-corrected chi connectivity index (χ0v) is 26.5. The van der Waals surface area contributed by atoms with Crippen molar-refractivity contribution in [2.45, 2.75) is 19.8 Å². The fourth-order valence-electron chi connectivity index (χ4n) is 7.92. The van der Waals surface area contributed by atoms with Gasteiger partial charge in [0.25, 0.3) is 0 Å². The van der Waals surface area contributed by atoms with Crippen LogP contribution in [0.2, 0.25) is 0 Å². The SMILES string of the molecule is CC(C)c1ccc(-c2cc3c4c(c2)n2c5cc6ccccc6cc5nc2n4c2nc4cc5ccccc5cc4n32)c(-c2ccccc2)c1. The third-order valence-electron chi connectivity index (χ3n) is 10.3. The predicted molar refractivity (Wildman–Crippen MR) is 199 cm³/mol. The van der Waals surface area contributed by atoms with Gasteiger partial charge in [-0.3, -0.25) is 8.80 Å². The van der Waals surface area contributed by atoms with Crippen LogP contribution in [0.1, 0.15) is 25.3 Å². The van der Waals surface area contributed by atoms with E-state index in [9.17, 15) is 0 Å². The van der Waals surface area contributed by atoms with Crippen LogP contribution in [0.25, 0.3) is 94.0 Å². The second-order valence-corrected chi connectivity index (χ2v) is 13.4. The van der Waals surface area contributed by atoms with E-state index in [1.807, 2.05) is 0 Å². The third-order valence-corrected chi connectivity index (χ3v) is 10.3. The zero-order chi connectivity index (χ0) is 31.7. The molecule has 0 aliphatic heterocycles. The summed E-state index contributed by atoms with van der Waals surface area (Å²) in [5.74, 6) is 2.19. The highest BCUT2D eigenvalue weighted by Gasteiger charge is 2.25. The molecule has 48 heavy (non-hydrogen) atoms.